The summed E-state index contributed by atoms with van der Waals surface area (Å²) in [7, 11) is -3.99. The van der Waals surface area contributed by atoms with E-state index in [0.29, 0.717) is 6.42 Å². The Labute approximate surface area is 161 Å². The Morgan fingerprint density at radius 1 is 0.591 bits per heavy atom. The fourth-order valence-electron chi connectivity index (χ4n) is 2.65. The molecule has 0 unspecified atom stereocenters. The molecule has 0 aromatic rings. The third-order valence-corrected chi connectivity index (χ3v) is 4.79. The maximum atomic E-state index is 10.4. The molecule has 22 heavy (non-hydrogen) atoms. The van der Waals surface area contributed by atoms with Gasteiger partial charge >= 0.3 is 29.6 Å². The van der Waals surface area contributed by atoms with E-state index in [-0.39, 0.29) is 35.3 Å². The molecule has 0 aliphatic rings. The number of rotatable bonds is 16. The molecule has 3 nitrogen and oxygen atoms in total. The molecule has 0 aliphatic carbocycles. The summed E-state index contributed by atoms with van der Waals surface area (Å²) >= 11 is 0. The van der Waals surface area contributed by atoms with Gasteiger partial charge in [-0.05, 0) is 6.42 Å². The van der Waals surface area contributed by atoms with Crippen molar-refractivity contribution in [3.8, 4) is 0 Å². The van der Waals surface area contributed by atoms with Crippen LogP contribution in [0.1, 0.15) is 103 Å². The summed E-state index contributed by atoms with van der Waals surface area (Å²) in [5, 5.41) is 0. The van der Waals surface area contributed by atoms with Crippen LogP contribution in [0, 0.1) is 0 Å². The summed E-state index contributed by atoms with van der Waals surface area (Å²) in [5.74, 6) is -0.189. The first kappa shape index (κ1) is 25.2. The molecule has 0 rings (SSSR count). The van der Waals surface area contributed by atoms with Gasteiger partial charge in [0.05, 0.1) is 10.1 Å². The molecule has 0 fully saturated rings. The van der Waals surface area contributed by atoms with Gasteiger partial charge in [0.2, 0.25) is 0 Å². The van der Waals surface area contributed by atoms with Crippen LogP contribution >= 0.6 is 0 Å². The molecular weight excluding hydrogens is 307 g/mol. The quantitative estimate of drug-likeness (QED) is 0.246. The van der Waals surface area contributed by atoms with Gasteiger partial charge in [0.25, 0.3) is 0 Å². The molecule has 0 aliphatic heterocycles. The van der Waals surface area contributed by atoms with Crippen molar-refractivity contribution in [1.82, 2.24) is 0 Å². The molecule has 0 saturated carbocycles. The molecule has 0 bridgehead atoms. The molecule has 0 aromatic heterocycles. The average Bonchev–Trinajstić information content (AvgIpc) is 2.42. The van der Waals surface area contributed by atoms with E-state index in [1.54, 1.807) is 0 Å². The summed E-state index contributed by atoms with van der Waals surface area (Å²) in [6.07, 6.45) is 18.6. The zero-order valence-corrected chi connectivity index (χ0v) is 17.8. The van der Waals surface area contributed by atoms with E-state index in [4.69, 9.17) is 0 Å². The topological polar surface area (TPSA) is 57.2 Å². The molecule has 0 aromatic carbocycles. The van der Waals surface area contributed by atoms with Crippen molar-refractivity contribution in [2.75, 3.05) is 5.75 Å². The van der Waals surface area contributed by atoms with Crippen molar-refractivity contribution in [2.45, 2.75) is 103 Å². The van der Waals surface area contributed by atoms with Crippen molar-refractivity contribution in [3.05, 3.63) is 0 Å². The van der Waals surface area contributed by atoms with Crippen LogP contribution in [0.3, 0.4) is 0 Å². The fraction of sp³-hybridized carbons (Fsp3) is 1.00. The standard InChI is InChI=1S/C17H36O3S.Na/c1-2-3-4-5-6-7-8-9-10-11-12-13-14-15-16-17-21(18,19)20;/h2-17H2,1H3,(H,18,19,20);/q;+1/p-1. The van der Waals surface area contributed by atoms with Crippen LogP contribution in [-0.2, 0) is 10.1 Å². The molecule has 5 heteroatoms. The van der Waals surface area contributed by atoms with E-state index in [1.807, 2.05) is 0 Å². The number of hydrogen-bond acceptors (Lipinski definition) is 3. The Bertz CT molecular complexity index is 305. The van der Waals surface area contributed by atoms with E-state index in [2.05, 4.69) is 6.92 Å². The van der Waals surface area contributed by atoms with E-state index in [9.17, 15) is 13.0 Å². The van der Waals surface area contributed by atoms with Crippen LogP contribution in [0.15, 0.2) is 0 Å². The SMILES string of the molecule is CCCCCCCCCCCCCCCCCS(=O)(=O)[O-].[Na+]. The number of hydrogen-bond donors (Lipinski definition) is 0. The summed E-state index contributed by atoms with van der Waals surface area (Å²) < 4.78 is 31.2. The molecular formula is C17H35NaO3S. The van der Waals surface area contributed by atoms with E-state index < -0.39 is 10.1 Å². The maximum Gasteiger partial charge on any atom is 1.00 e. The van der Waals surface area contributed by atoms with Gasteiger partial charge < -0.3 is 4.55 Å². The van der Waals surface area contributed by atoms with Crippen molar-refractivity contribution in [3.63, 3.8) is 0 Å². The van der Waals surface area contributed by atoms with Gasteiger partial charge in [0, 0.05) is 5.75 Å². The zero-order chi connectivity index (χ0) is 15.8. The van der Waals surface area contributed by atoms with Gasteiger partial charge in [-0.3, -0.25) is 0 Å². The second-order valence-corrected chi connectivity index (χ2v) is 7.74. The van der Waals surface area contributed by atoms with Crippen LogP contribution in [0.5, 0.6) is 0 Å². The van der Waals surface area contributed by atoms with Gasteiger partial charge in [-0.1, -0.05) is 96.8 Å². The molecule has 128 valence electrons. The second kappa shape index (κ2) is 18.3. The Kier molecular flexibility index (Phi) is 20.9. The fourth-order valence-corrected chi connectivity index (χ4v) is 3.21. The number of unbranched alkanes of at least 4 members (excludes halogenated alkanes) is 14. The van der Waals surface area contributed by atoms with Gasteiger partial charge in [-0.15, -0.1) is 0 Å². The van der Waals surface area contributed by atoms with Crippen LogP contribution in [0.25, 0.3) is 0 Å². The summed E-state index contributed by atoms with van der Waals surface area (Å²) in [5.41, 5.74) is 0. The average molecular weight is 343 g/mol. The van der Waals surface area contributed by atoms with Crippen LogP contribution in [0.4, 0.5) is 0 Å². The zero-order valence-electron chi connectivity index (χ0n) is 14.9. The van der Waals surface area contributed by atoms with Crippen molar-refractivity contribution in [1.29, 1.82) is 0 Å². The Morgan fingerprint density at radius 2 is 0.864 bits per heavy atom. The van der Waals surface area contributed by atoms with E-state index in [1.165, 1.54) is 77.0 Å². The predicted octanol–water partition coefficient (Wildman–Crippen LogP) is 2.41. The minimum atomic E-state index is -3.99. The molecule has 0 N–H and O–H groups in total. The summed E-state index contributed by atoms with van der Waals surface area (Å²) in [6.45, 7) is 2.26. The summed E-state index contributed by atoms with van der Waals surface area (Å²) in [4.78, 5) is 0. The molecule has 0 radical (unpaired) electrons. The van der Waals surface area contributed by atoms with Crippen molar-refractivity contribution >= 4 is 10.1 Å². The van der Waals surface area contributed by atoms with E-state index >= 15 is 0 Å². The summed E-state index contributed by atoms with van der Waals surface area (Å²) in [6, 6.07) is 0. The first-order chi connectivity index (χ1) is 10.1. The van der Waals surface area contributed by atoms with Crippen molar-refractivity contribution in [2.24, 2.45) is 0 Å². The van der Waals surface area contributed by atoms with Crippen LogP contribution in [-0.4, -0.2) is 18.7 Å². The Balaban J connectivity index is 0. The van der Waals surface area contributed by atoms with Crippen molar-refractivity contribution < 1.29 is 42.5 Å². The first-order valence-corrected chi connectivity index (χ1v) is 10.6. The third-order valence-electron chi connectivity index (χ3n) is 4.00. The molecule has 0 amide bonds. The van der Waals surface area contributed by atoms with Gasteiger partial charge in [-0.2, -0.15) is 0 Å². The minimum Gasteiger partial charge on any atom is -0.748 e. The Hall–Kier alpha value is 0.910. The third kappa shape index (κ3) is 23.2. The molecule has 0 saturated heterocycles. The predicted molar refractivity (Wildman–Crippen MR) is 89.5 cm³/mol. The van der Waals surface area contributed by atoms with E-state index in [0.717, 1.165) is 12.8 Å². The minimum absolute atomic E-state index is 0. The van der Waals surface area contributed by atoms with Gasteiger partial charge in [0.1, 0.15) is 0 Å². The van der Waals surface area contributed by atoms with Gasteiger partial charge in [0.15, 0.2) is 0 Å². The normalized spacial score (nSPS) is 11.4. The second-order valence-electron chi connectivity index (χ2n) is 6.21. The van der Waals surface area contributed by atoms with Gasteiger partial charge in [-0.25, -0.2) is 8.42 Å². The maximum absolute atomic E-state index is 10.4. The molecule has 0 spiro atoms. The Morgan fingerprint density at radius 3 is 1.14 bits per heavy atom. The monoisotopic (exact) mass is 342 g/mol. The first-order valence-electron chi connectivity index (χ1n) is 9.00. The van der Waals surface area contributed by atoms with Crippen LogP contribution < -0.4 is 29.6 Å². The van der Waals surface area contributed by atoms with Crippen LogP contribution in [0.2, 0.25) is 0 Å². The molecule has 0 atom stereocenters. The molecule has 0 heterocycles. The smallest absolute Gasteiger partial charge is 0.748 e. The largest absolute Gasteiger partial charge is 1.00 e.